The smallest absolute Gasteiger partial charge is 0.0634 e. The Balaban J connectivity index is 2.27. The van der Waals surface area contributed by atoms with Gasteiger partial charge in [0.25, 0.3) is 0 Å². The van der Waals surface area contributed by atoms with Crippen LogP contribution >= 0.6 is 0 Å². The van der Waals surface area contributed by atoms with Gasteiger partial charge in [-0.15, -0.1) is 0 Å². The quantitative estimate of drug-likeness (QED) is 0.703. The highest BCUT2D eigenvalue weighted by molar-refractivity contribution is 5.69. The molecule has 3 N–H and O–H groups in total. The molecule has 0 saturated carbocycles. The first-order chi connectivity index (χ1) is 8.24. The first-order valence-electron chi connectivity index (χ1n) is 5.91. The first kappa shape index (κ1) is 12.1. The fraction of sp³-hybridized carbons (Fsp3) is 0.385. The van der Waals surface area contributed by atoms with Crippen molar-refractivity contribution in [1.29, 1.82) is 0 Å². The minimum Gasteiger partial charge on any atom is -0.314 e. The molecule has 1 aliphatic heterocycles. The van der Waals surface area contributed by atoms with Crippen LogP contribution in [0.3, 0.4) is 0 Å². The highest BCUT2D eigenvalue weighted by Crippen LogP contribution is 2.26. The van der Waals surface area contributed by atoms with Gasteiger partial charge < -0.3 is 5.21 Å². The lowest BCUT2D eigenvalue weighted by molar-refractivity contribution is -0.0807. The van der Waals surface area contributed by atoms with Gasteiger partial charge in [-0.1, -0.05) is 19.1 Å². The number of hydrogen-bond donors (Lipinski definition) is 3. The Kier molecular flexibility index (Phi) is 3.78. The number of hydroxylamine groups is 2. The van der Waals surface area contributed by atoms with Gasteiger partial charge in [-0.05, 0) is 41.7 Å². The minimum absolute atomic E-state index is 0.580. The van der Waals surface area contributed by atoms with Gasteiger partial charge >= 0.3 is 0 Å². The standard InChI is InChI=1S/C13H18N2O2/c1-2-10-9-12(3-4-13(10)14-16)11-5-7-15(17)8-6-11/h3-5,9,14,16-17H,2,6-8H2,1H3. The lowest BCUT2D eigenvalue weighted by atomic mass is 9.97. The third kappa shape index (κ3) is 2.66. The van der Waals surface area contributed by atoms with E-state index in [0.29, 0.717) is 13.1 Å². The van der Waals surface area contributed by atoms with Crippen molar-refractivity contribution < 1.29 is 10.4 Å². The van der Waals surface area contributed by atoms with Crippen LogP contribution in [-0.2, 0) is 6.42 Å². The molecule has 2 rings (SSSR count). The van der Waals surface area contributed by atoms with E-state index in [-0.39, 0.29) is 0 Å². The number of hydrogen-bond acceptors (Lipinski definition) is 4. The molecule has 92 valence electrons. The molecule has 1 aromatic rings. The maximum atomic E-state index is 9.30. The topological polar surface area (TPSA) is 55.7 Å². The minimum atomic E-state index is 0.580. The van der Waals surface area contributed by atoms with Gasteiger partial charge in [0.1, 0.15) is 0 Å². The summed E-state index contributed by atoms with van der Waals surface area (Å²) in [5.74, 6) is 0. The third-order valence-electron chi connectivity index (χ3n) is 3.17. The summed E-state index contributed by atoms with van der Waals surface area (Å²) in [7, 11) is 0. The van der Waals surface area contributed by atoms with Gasteiger partial charge in [-0.25, -0.2) is 0 Å². The Bertz CT molecular complexity index is 429. The summed E-state index contributed by atoms with van der Waals surface area (Å²) in [6, 6.07) is 5.98. The molecule has 0 aromatic heterocycles. The molecule has 0 radical (unpaired) electrons. The van der Waals surface area contributed by atoms with Crippen molar-refractivity contribution in [3.05, 3.63) is 35.4 Å². The fourth-order valence-electron chi connectivity index (χ4n) is 2.12. The predicted molar refractivity (Wildman–Crippen MR) is 67.2 cm³/mol. The summed E-state index contributed by atoms with van der Waals surface area (Å²) in [4.78, 5) is 0. The van der Waals surface area contributed by atoms with Crippen molar-refractivity contribution >= 4 is 11.3 Å². The van der Waals surface area contributed by atoms with E-state index in [0.717, 1.165) is 24.1 Å². The molecule has 0 atom stereocenters. The fourth-order valence-corrected chi connectivity index (χ4v) is 2.12. The number of rotatable bonds is 3. The van der Waals surface area contributed by atoms with Gasteiger partial charge in [0.05, 0.1) is 5.69 Å². The Hall–Kier alpha value is -1.36. The van der Waals surface area contributed by atoms with E-state index in [4.69, 9.17) is 5.21 Å². The molecule has 0 bridgehead atoms. The van der Waals surface area contributed by atoms with Crippen LogP contribution in [0.2, 0.25) is 0 Å². The summed E-state index contributed by atoms with van der Waals surface area (Å²) in [5.41, 5.74) is 6.51. The van der Waals surface area contributed by atoms with Crippen LogP contribution in [-0.4, -0.2) is 28.6 Å². The number of nitrogens with one attached hydrogen (secondary N) is 1. The van der Waals surface area contributed by atoms with E-state index in [2.05, 4.69) is 18.5 Å². The molecule has 17 heavy (non-hydrogen) atoms. The number of nitrogens with zero attached hydrogens (tertiary/aromatic N) is 1. The maximum Gasteiger partial charge on any atom is 0.0634 e. The van der Waals surface area contributed by atoms with Crippen LogP contribution in [0.5, 0.6) is 0 Å². The third-order valence-corrected chi connectivity index (χ3v) is 3.17. The molecule has 0 amide bonds. The lowest BCUT2D eigenvalue weighted by Gasteiger charge is -2.21. The SMILES string of the molecule is CCc1cc(C2=CCN(O)CC2)ccc1NO. The molecule has 0 aliphatic carbocycles. The number of anilines is 1. The van der Waals surface area contributed by atoms with E-state index in [1.54, 1.807) is 0 Å². The van der Waals surface area contributed by atoms with Crippen molar-refractivity contribution in [1.82, 2.24) is 5.06 Å². The molecule has 0 spiro atoms. The molecule has 0 saturated heterocycles. The van der Waals surface area contributed by atoms with Gasteiger partial charge in [0, 0.05) is 13.1 Å². The molecule has 4 nitrogen and oxygen atoms in total. The molecular formula is C13H18N2O2. The highest BCUT2D eigenvalue weighted by atomic mass is 16.5. The summed E-state index contributed by atoms with van der Waals surface area (Å²) >= 11 is 0. The van der Waals surface area contributed by atoms with Crippen LogP contribution < -0.4 is 5.48 Å². The van der Waals surface area contributed by atoms with Crippen molar-refractivity contribution in [2.24, 2.45) is 0 Å². The second-order valence-electron chi connectivity index (χ2n) is 4.23. The molecule has 1 aromatic carbocycles. The Morgan fingerprint density at radius 3 is 2.82 bits per heavy atom. The van der Waals surface area contributed by atoms with Crippen molar-refractivity contribution in [3.63, 3.8) is 0 Å². The molecule has 0 fully saturated rings. The van der Waals surface area contributed by atoms with Crippen LogP contribution in [0.25, 0.3) is 5.57 Å². The monoisotopic (exact) mass is 234 g/mol. The molecule has 4 heteroatoms. The van der Waals surface area contributed by atoms with E-state index in [9.17, 15) is 5.21 Å². The molecule has 1 aliphatic rings. The zero-order valence-electron chi connectivity index (χ0n) is 9.98. The normalized spacial score (nSPS) is 16.8. The van der Waals surface area contributed by atoms with Crippen LogP contribution in [0.15, 0.2) is 24.3 Å². The van der Waals surface area contributed by atoms with E-state index in [1.165, 1.54) is 16.2 Å². The van der Waals surface area contributed by atoms with Crippen molar-refractivity contribution in [3.8, 4) is 0 Å². The largest absolute Gasteiger partial charge is 0.314 e. The van der Waals surface area contributed by atoms with Gasteiger partial charge in [-0.2, -0.15) is 5.06 Å². The summed E-state index contributed by atoms with van der Waals surface area (Å²) in [6.07, 6.45) is 3.77. The molecular weight excluding hydrogens is 216 g/mol. The van der Waals surface area contributed by atoms with E-state index in [1.807, 2.05) is 18.2 Å². The first-order valence-corrected chi connectivity index (χ1v) is 5.91. The predicted octanol–water partition coefficient (Wildman–Crippen LogP) is 2.53. The molecule has 0 unspecified atom stereocenters. The summed E-state index contributed by atoms with van der Waals surface area (Å²) in [5, 5.41) is 19.6. The molecule has 1 heterocycles. The van der Waals surface area contributed by atoms with Gasteiger partial charge in [0.2, 0.25) is 0 Å². The second kappa shape index (κ2) is 5.31. The summed E-state index contributed by atoms with van der Waals surface area (Å²) in [6.45, 7) is 3.31. The Labute approximate surface area is 101 Å². The van der Waals surface area contributed by atoms with E-state index < -0.39 is 0 Å². The Morgan fingerprint density at radius 1 is 1.41 bits per heavy atom. The van der Waals surface area contributed by atoms with Gasteiger partial charge in [-0.3, -0.25) is 10.7 Å². The number of aryl methyl sites for hydroxylation is 1. The Morgan fingerprint density at radius 2 is 2.24 bits per heavy atom. The average Bonchev–Trinajstić information content (AvgIpc) is 2.39. The number of benzene rings is 1. The van der Waals surface area contributed by atoms with Crippen LogP contribution in [0.4, 0.5) is 5.69 Å². The van der Waals surface area contributed by atoms with Crippen LogP contribution in [0.1, 0.15) is 24.5 Å². The second-order valence-corrected chi connectivity index (χ2v) is 4.23. The lowest BCUT2D eigenvalue weighted by Crippen LogP contribution is -2.24. The zero-order chi connectivity index (χ0) is 12.3. The summed E-state index contributed by atoms with van der Waals surface area (Å²) < 4.78 is 0. The van der Waals surface area contributed by atoms with Crippen LogP contribution in [0, 0.1) is 0 Å². The van der Waals surface area contributed by atoms with Gasteiger partial charge in [0.15, 0.2) is 0 Å². The van der Waals surface area contributed by atoms with E-state index >= 15 is 0 Å². The van der Waals surface area contributed by atoms with Crippen molar-refractivity contribution in [2.75, 3.05) is 18.6 Å². The average molecular weight is 234 g/mol. The maximum absolute atomic E-state index is 9.30. The highest BCUT2D eigenvalue weighted by Gasteiger charge is 2.11. The zero-order valence-corrected chi connectivity index (χ0v) is 9.98. The van der Waals surface area contributed by atoms with Crippen molar-refractivity contribution in [2.45, 2.75) is 19.8 Å².